The molecule has 1 atom stereocenters. The number of hydrogen-bond acceptors (Lipinski definition) is 7. The van der Waals surface area contributed by atoms with E-state index >= 15 is 0 Å². The number of benzene rings is 3. The van der Waals surface area contributed by atoms with Crippen LogP contribution in [0.5, 0.6) is 5.75 Å². The summed E-state index contributed by atoms with van der Waals surface area (Å²) in [5, 5.41) is 15.1. The number of aromatic nitrogens is 4. The van der Waals surface area contributed by atoms with Gasteiger partial charge in [-0.05, 0) is 53.2 Å². The van der Waals surface area contributed by atoms with Crippen LogP contribution < -0.4 is 14.1 Å². The van der Waals surface area contributed by atoms with Crippen LogP contribution in [0, 0.1) is 0 Å². The van der Waals surface area contributed by atoms with Crippen molar-refractivity contribution >= 4 is 58.1 Å². The standard InChI is InChI=1S/C25H19Cl2F3N7O3/c1-37(23-32-34-35-33-23)21-12-19(27)18(26)11-20(21)36(13-14-3-5-15(6-4-14)22(38)39-2)24(37)31-16-7-9-17(10-8-16)40-25(28,29)30/h3-12H,13H2,1-2H3,(H,32,33,34,35)/q+1. The van der Waals surface area contributed by atoms with Crippen LogP contribution in [0.2, 0.25) is 10.0 Å². The van der Waals surface area contributed by atoms with Gasteiger partial charge in [0.15, 0.2) is 5.69 Å². The normalized spacial score (nSPS) is 17.7. The van der Waals surface area contributed by atoms with Gasteiger partial charge in [0, 0.05) is 6.07 Å². The van der Waals surface area contributed by atoms with Gasteiger partial charge in [0.05, 0.1) is 42.0 Å². The number of anilines is 1. The molecule has 206 valence electrons. The summed E-state index contributed by atoms with van der Waals surface area (Å²) in [7, 11) is 3.07. The third-order valence-corrected chi connectivity index (χ3v) is 6.90. The van der Waals surface area contributed by atoms with E-state index in [0.29, 0.717) is 33.6 Å². The van der Waals surface area contributed by atoms with Crippen molar-refractivity contribution in [3.8, 4) is 5.75 Å². The number of rotatable bonds is 6. The predicted octanol–water partition coefficient (Wildman–Crippen LogP) is 6.17. The zero-order chi connectivity index (χ0) is 28.7. The summed E-state index contributed by atoms with van der Waals surface area (Å²) in [6, 6.07) is 15.3. The van der Waals surface area contributed by atoms with Gasteiger partial charge >= 0.3 is 24.2 Å². The molecule has 1 unspecified atom stereocenters. The first-order chi connectivity index (χ1) is 19.0. The highest BCUT2D eigenvalue weighted by molar-refractivity contribution is 6.43. The summed E-state index contributed by atoms with van der Waals surface area (Å²) in [6.45, 7) is 0.256. The Labute approximate surface area is 235 Å². The van der Waals surface area contributed by atoms with E-state index < -0.39 is 12.3 Å². The maximum Gasteiger partial charge on any atom is 0.573 e. The number of aliphatic imine (C=N–C) groups is 1. The highest BCUT2D eigenvalue weighted by Gasteiger charge is 2.52. The number of tetrazole rings is 1. The molecule has 0 radical (unpaired) electrons. The molecule has 1 N–H and O–H groups in total. The zero-order valence-corrected chi connectivity index (χ0v) is 22.3. The van der Waals surface area contributed by atoms with Crippen LogP contribution in [0.15, 0.2) is 65.7 Å². The van der Waals surface area contributed by atoms with Crippen molar-refractivity contribution in [2.45, 2.75) is 12.9 Å². The first kappa shape index (κ1) is 27.4. The number of carbonyl (C=O) groups is 1. The molecule has 10 nitrogen and oxygen atoms in total. The third kappa shape index (κ3) is 5.18. The largest absolute Gasteiger partial charge is 0.573 e. The van der Waals surface area contributed by atoms with E-state index in [1.165, 1.54) is 19.2 Å². The minimum absolute atomic E-state index is 0.205. The lowest BCUT2D eigenvalue weighted by atomic mass is 10.1. The number of carbonyl (C=O) groups excluding carboxylic acids is 1. The summed E-state index contributed by atoms with van der Waals surface area (Å²) in [6.07, 6.45) is -4.83. The van der Waals surface area contributed by atoms with E-state index in [2.05, 4.69) is 25.4 Å². The van der Waals surface area contributed by atoms with Crippen molar-refractivity contribution in [1.29, 1.82) is 0 Å². The first-order valence-corrected chi connectivity index (χ1v) is 12.2. The highest BCUT2D eigenvalue weighted by Crippen LogP contribution is 2.49. The minimum atomic E-state index is -4.83. The van der Waals surface area contributed by atoms with Crippen molar-refractivity contribution in [3.05, 3.63) is 81.8 Å². The van der Waals surface area contributed by atoms with Gasteiger partial charge in [0.1, 0.15) is 11.4 Å². The number of alkyl halides is 3. The molecule has 40 heavy (non-hydrogen) atoms. The Morgan fingerprint density at radius 3 is 2.35 bits per heavy atom. The van der Waals surface area contributed by atoms with Crippen molar-refractivity contribution in [2.24, 2.45) is 4.99 Å². The number of nitrogens with zero attached hydrogens (tertiary/aromatic N) is 6. The molecule has 1 aliphatic rings. The molecule has 0 amide bonds. The Balaban J connectivity index is 1.64. The average molecular weight is 593 g/mol. The molecule has 5 rings (SSSR count). The molecule has 0 saturated heterocycles. The second-order valence-corrected chi connectivity index (χ2v) is 9.52. The number of nitrogens with one attached hydrogen (secondary N) is 1. The Kier molecular flexibility index (Phi) is 7.12. The van der Waals surface area contributed by atoms with Crippen molar-refractivity contribution in [2.75, 3.05) is 19.1 Å². The molecule has 0 saturated carbocycles. The number of quaternary nitrogens is 1. The maximum atomic E-state index is 12.7. The molecule has 3 aromatic carbocycles. The molecular weight excluding hydrogens is 574 g/mol. The molecule has 15 heteroatoms. The third-order valence-electron chi connectivity index (χ3n) is 6.18. The molecular formula is C25H19Cl2F3N7O3+. The van der Waals surface area contributed by atoms with Gasteiger partial charge in [-0.2, -0.15) is 14.7 Å². The van der Waals surface area contributed by atoms with E-state index in [1.807, 2.05) is 4.90 Å². The second kappa shape index (κ2) is 10.4. The highest BCUT2D eigenvalue weighted by atomic mass is 35.5. The maximum absolute atomic E-state index is 12.7. The second-order valence-electron chi connectivity index (χ2n) is 8.70. The van der Waals surface area contributed by atoms with Crippen LogP contribution in [-0.2, 0) is 11.3 Å². The van der Waals surface area contributed by atoms with Crippen LogP contribution >= 0.6 is 23.2 Å². The fraction of sp³-hybridized carbons (Fsp3) is 0.160. The lowest BCUT2D eigenvalue weighted by molar-refractivity contribution is -0.274. The number of hydrogen-bond donors (Lipinski definition) is 1. The van der Waals surface area contributed by atoms with Crippen molar-refractivity contribution in [3.63, 3.8) is 0 Å². The van der Waals surface area contributed by atoms with E-state index in [9.17, 15) is 18.0 Å². The molecule has 0 aliphatic carbocycles. The number of aromatic amines is 1. The van der Waals surface area contributed by atoms with Gasteiger partial charge in [-0.3, -0.25) is 4.90 Å². The number of H-pyrrole nitrogens is 1. The molecule has 0 fully saturated rings. The molecule has 1 aromatic heterocycles. The topological polar surface area (TPSA) is 106 Å². The van der Waals surface area contributed by atoms with Crippen LogP contribution in [0.4, 0.5) is 36.2 Å². The smallest absolute Gasteiger partial charge is 0.465 e. The van der Waals surface area contributed by atoms with E-state index in [1.54, 1.807) is 43.4 Å². The number of methoxy groups -OCH3 is 1. The summed E-state index contributed by atoms with van der Waals surface area (Å²) in [4.78, 5) is 18.6. The molecule has 4 aromatic rings. The zero-order valence-electron chi connectivity index (χ0n) is 20.8. The summed E-state index contributed by atoms with van der Waals surface area (Å²) in [5.41, 5.74) is 2.76. The summed E-state index contributed by atoms with van der Waals surface area (Å²) < 4.78 is 46.5. The summed E-state index contributed by atoms with van der Waals surface area (Å²) >= 11 is 12.8. The van der Waals surface area contributed by atoms with Gasteiger partial charge in [-0.25, -0.2) is 4.79 Å². The van der Waals surface area contributed by atoms with Gasteiger partial charge in [0.2, 0.25) is 0 Å². The fourth-order valence-corrected chi connectivity index (χ4v) is 4.62. The van der Waals surface area contributed by atoms with Gasteiger partial charge in [-0.15, -0.1) is 13.2 Å². The first-order valence-electron chi connectivity index (χ1n) is 11.5. The van der Waals surface area contributed by atoms with Crippen LogP contribution in [0.1, 0.15) is 15.9 Å². The van der Waals surface area contributed by atoms with Crippen LogP contribution in [-0.4, -0.2) is 53.1 Å². The average Bonchev–Trinajstić information content (AvgIpc) is 3.53. The Morgan fingerprint density at radius 1 is 1.07 bits per heavy atom. The van der Waals surface area contributed by atoms with Crippen LogP contribution in [0.25, 0.3) is 0 Å². The number of guanidine groups is 1. The van der Waals surface area contributed by atoms with Crippen molar-refractivity contribution < 1.29 is 27.4 Å². The number of halogens is 5. The number of ether oxygens (including phenoxy) is 2. The van der Waals surface area contributed by atoms with E-state index in [0.717, 1.165) is 17.7 Å². The fourth-order valence-electron chi connectivity index (χ4n) is 4.30. The monoisotopic (exact) mass is 592 g/mol. The lowest BCUT2D eigenvalue weighted by Gasteiger charge is -2.25. The lowest BCUT2D eigenvalue weighted by Crippen LogP contribution is -2.49. The Bertz CT molecular complexity index is 1580. The van der Waals surface area contributed by atoms with E-state index in [-0.39, 0.29) is 27.7 Å². The molecule has 0 spiro atoms. The Hall–Kier alpha value is -4.20. The minimum Gasteiger partial charge on any atom is -0.465 e. The molecule has 2 heterocycles. The number of fused-ring (bicyclic) bond motifs is 1. The SMILES string of the molecule is COC(=O)c1ccc(CN2C(=Nc3ccc(OC(F)(F)F)cc3)[N+](C)(c3nn[nH]n3)c3cc(Cl)c(Cl)cc32)cc1. The van der Waals surface area contributed by atoms with Gasteiger partial charge < -0.3 is 9.47 Å². The molecule has 0 bridgehead atoms. The quantitative estimate of drug-likeness (QED) is 0.211. The molecule has 1 aliphatic heterocycles. The van der Waals surface area contributed by atoms with E-state index in [4.69, 9.17) is 32.9 Å². The predicted molar refractivity (Wildman–Crippen MR) is 142 cm³/mol. The summed E-state index contributed by atoms with van der Waals surface area (Å²) in [5.74, 6) is -0.265. The van der Waals surface area contributed by atoms with Gasteiger partial charge in [0.25, 0.3) is 0 Å². The van der Waals surface area contributed by atoms with Crippen molar-refractivity contribution in [1.82, 2.24) is 25.1 Å². The Morgan fingerprint density at radius 2 is 1.75 bits per heavy atom. The van der Waals surface area contributed by atoms with Crippen LogP contribution in [0.3, 0.4) is 0 Å². The van der Waals surface area contributed by atoms with Gasteiger partial charge in [-0.1, -0.05) is 45.5 Å². The number of esters is 1.